The van der Waals surface area contributed by atoms with Crippen molar-refractivity contribution < 1.29 is 95.5 Å². The van der Waals surface area contributed by atoms with E-state index in [1.807, 2.05) is 30.3 Å². The van der Waals surface area contributed by atoms with Gasteiger partial charge in [-0.3, -0.25) is 28.8 Å². The molecular formula is C43H62O20. The fourth-order valence-corrected chi connectivity index (χ4v) is 7.55. The highest BCUT2D eigenvalue weighted by Gasteiger charge is 2.58. The summed E-state index contributed by atoms with van der Waals surface area (Å²) in [5, 5.41) is 11.3. The van der Waals surface area contributed by atoms with E-state index < -0.39 is 128 Å². The van der Waals surface area contributed by atoms with Crippen molar-refractivity contribution in [2.75, 3.05) is 13.2 Å². The maximum Gasteiger partial charge on any atom is 0.303 e. The van der Waals surface area contributed by atoms with Crippen LogP contribution in [-0.4, -0.2) is 146 Å². The second-order valence-corrected chi connectivity index (χ2v) is 15.6. The number of ether oxygens (including phenoxy) is 13. The number of carbonyl (C=O) groups excluding carboxylic acids is 6. The number of rotatable bonds is 20. The molecule has 20 heteroatoms. The van der Waals surface area contributed by atoms with Crippen molar-refractivity contribution >= 4 is 35.8 Å². The molecule has 0 radical (unpaired) electrons. The molecule has 63 heavy (non-hydrogen) atoms. The molecule has 0 saturated carbocycles. The van der Waals surface area contributed by atoms with Gasteiger partial charge >= 0.3 is 35.8 Å². The topological polar surface area (TPSA) is 243 Å². The lowest BCUT2D eigenvalue weighted by atomic mass is 9.96. The Bertz CT molecular complexity index is 1660. The Morgan fingerprint density at radius 1 is 0.476 bits per heavy atom. The number of hydrogen-bond donors (Lipinski definition) is 1. The molecule has 3 aliphatic rings. The number of esters is 6. The van der Waals surface area contributed by atoms with Crippen LogP contribution in [0.25, 0.3) is 0 Å². The van der Waals surface area contributed by atoms with E-state index in [4.69, 9.17) is 61.6 Å². The molecular weight excluding hydrogens is 836 g/mol. The van der Waals surface area contributed by atoms with Gasteiger partial charge in [0.25, 0.3) is 0 Å². The maximum atomic E-state index is 12.8. The second kappa shape index (κ2) is 24.7. The molecule has 4 rings (SSSR count). The first kappa shape index (κ1) is 51.4. The zero-order valence-electron chi connectivity index (χ0n) is 37.2. The van der Waals surface area contributed by atoms with Gasteiger partial charge in [-0.25, -0.2) is 0 Å². The van der Waals surface area contributed by atoms with Crippen LogP contribution in [0, 0.1) is 0 Å². The predicted molar refractivity (Wildman–Crippen MR) is 213 cm³/mol. The molecule has 0 bridgehead atoms. The summed E-state index contributed by atoms with van der Waals surface area (Å²) < 4.78 is 76.8. The zero-order chi connectivity index (χ0) is 46.4. The number of aliphatic hydroxyl groups is 1. The number of carbonyl (C=O) groups is 6. The highest BCUT2D eigenvalue weighted by Crippen LogP contribution is 2.37. The average molecular weight is 899 g/mol. The van der Waals surface area contributed by atoms with Crippen LogP contribution < -0.4 is 0 Å². The van der Waals surface area contributed by atoms with Crippen molar-refractivity contribution in [1.82, 2.24) is 0 Å². The largest absolute Gasteiger partial charge is 0.457 e. The van der Waals surface area contributed by atoms with Crippen LogP contribution >= 0.6 is 0 Å². The van der Waals surface area contributed by atoms with Gasteiger partial charge in [0.2, 0.25) is 0 Å². The van der Waals surface area contributed by atoms with E-state index in [1.165, 1.54) is 20.8 Å². The van der Waals surface area contributed by atoms with Crippen molar-refractivity contribution in [3.8, 4) is 0 Å². The monoisotopic (exact) mass is 898 g/mol. The lowest BCUT2D eigenvalue weighted by molar-refractivity contribution is -0.381. The highest BCUT2D eigenvalue weighted by atomic mass is 16.8. The molecule has 1 aromatic rings. The molecule has 20 nitrogen and oxygen atoms in total. The minimum atomic E-state index is -1.68. The Hall–Kier alpha value is -4.28. The number of unbranched alkanes of at least 4 members (excludes halogenated alkanes) is 3. The van der Waals surface area contributed by atoms with Crippen LogP contribution in [0.3, 0.4) is 0 Å². The molecule has 354 valence electrons. The van der Waals surface area contributed by atoms with Gasteiger partial charge in [0.05, 0.1) is 24.9 Å². The van der Waals surface area contributed by atoms with Crippen LogP contribution in [0.2, 0.25) is 0 Å². The summed E-state index contributed by atoms with van der Waals surface area (Å²) in [5.41, 5.74) is 1.09. The summed E-state index contributed by atoms with van der Waals surface area (Å²) in [6.45, 7) is 12.6. The summed E-state index contributed by atoms with van der Waals surface area (Å²) in [7, 11) is 0. The molecule has 3 heterocycles. The Labute approximate surface area is 366 Å². The zero-order valence-corrected chi connectivity index (χ0v) is 37.2. The van der Waals surface area contributed by atoms with Gasteiger partial charge in [0.15, 0.2) is 61.6 Å². The Morgan fingerprint density at radius 2 is 0.889 bits per heavy atom. The van der Waals surface area contributed by atoms with E-state index in [0.717, 1.165) is 59.4 Å². The molecule has 3 aliphatic heterocycles. The molecule has 3 fully saturated rings. The van der Waals surface area contributed by atoms with E-state index in [9.17, 15) is 33.9 Å². The fraction of sp³-hybridized carbons (Fsp3) is 0.721. The molecule has 15 atom stereocenters. The van der Waals surface area contributed by atoms with Crippen molar-refractivity contribution in [3.05, 3.63) is 35.9 Å². The summed E-state index contributed by atoms with van der Waals surface area (Å²) in [6.07, 6.45) is -17.7. The summed E-state index contributed by atoms with van der Waals surface area (Å²) in [6, 6.07) is 9.85. The van der Waals surface area contributed by atoms with Crippen LogP contribution in [0.1, 0.15) is 93.6 Å². The minimum absolute atomic E-state index is 0.161. The van der Waals surface area contributed by atoms with Crippen molar-refractivity contribution in [3.63, 3.8) is 0 Å². The molecule has 0 aromatic heterocycles. The van der Waals surface area contributed by atoms with Crippen LogP contribution in [-0.2, 0) is 97.0 Å². The normalized spacial score (nSPS) is 33.0. The average Bonchev–Trinajstić information content (AvgIpc) is 3.19. The van der Waals surface area contributed by atoms with Crippen LogP contribution in [0.15, 0.2) is 30.3 Å². The third-order valence-electron chi connectivity index (χ3n) is 10.2. The highest BCUT2D eigenvalue weighted by molar-refractivity contribution is 5.68. The summed E-state index contributed by atoms with van der Waals surface area (Å²) in [4.78, 5) is 74.5. The maximum absolute atomic E-state index is 12.8. The van der Waals surface area contributed by atoms with Gasteiger partial charge in [-0.05, 0) is 39.2 Å². The lowest BCUT2D eigenvalue weighted by Crippen LogP contribution is -2.67. The van der Waals surface area contributed by atoms with E-state index in [-0.39, 0.29) is 6.61 Å². The molecule has 0 spiro atoms. The number of aliphatic hydroxyl groups excluding tert-OH is 1. The summed E-state index contributed by atoms with van der Waals surface area (Å²) >= 11 is 0. The first-order valence-corrected chi connectivity index (χ1v) is 21.1. The van der Waals surface area contributed by atoms with Gasteiger partial charge in [0, 0.05) is 54.8 Å². The summed E-state index contributed by atoms with van der Waals surface area (Å²) in [5.74, 6) is -4.72. The van der Waals surface area contributed by atoms with Crippen molar-refractivity contribution in [2.45, 2.75) is 187 Å². The van der Waals surface area contributed by atoms with Crippen molar-refractivity contribution in [1.29, 1.82) is 0 Å². The van der Waals surface area contributed by atoms with Gasteiger partial charge < -0.3 is 66.7 Å². The minimum Gasteiger partial charge on any atom is -0.457 e. The first-order chi connectivity index (χ1) is 29.9. The molecule has 0 aliphatic carbocycles. The molecule has 0 amide bonds. The third-order valence-corrected chi connectivity index (χ3v) is 10.2. The molecule has 1 N–H and O–H groups in total. The SMILES string of the molecule is CC(=O)O[C@@H]1[C@@H](OC(C)=O)[C@H](C)O[C@@H](OCCCCCCOCc2ccccc2)[C@@H]1O[C@@H]1O[C@@H](C)[C@H](OC(C)=O)[C@@H](O[C@@H]2O[C@@H](C)[C@H](OC(C)=O)[C@@H](O)[C@H]2OC(C)=O)[C@H]1OC(C)=O. The quantitative estimate of drug-likeness (QED) is 0.112. The number of benzene rings is 1. The Morgan fingerprint density at radius 3 is 1.44 bits per heavy atom. The van der Waals surface area contributed by atoms with Gasteiger partial charge in [-0.1, -0.05) is 43.2 Å². The standard InChI is InChI=1S/C43H62O20/c1-22-33(56-25(4)44)32(50)36(59-28(7)47)42(54-22)62-38-35(58-27(6)46)24(3)55-43(40(38)61-30(9)49)63-39-37(60-29(8)48)34(57-26(5)45)23(2)53-41(39)52-20-16-11-10-15-19-51-21-31-17-13-12-14-18-31/h12-14,17-18,22-24,32-43,50H,10-11,15-16,19-21H2,1-9H3/t22-,23-,24-,32+,33-,34-,35-,36+,37+,38+,39+,40+,41+,42-,43-/m0/s1. The van der Waals surface area contributed by atoms with Gasteiger partial charge in [-0.15, -0.1) is 0 Å². The smallest absolute Gasteiger partial charge is 0.303 e. The third kappa shape index (κ3) is 15.4. The molecule has 1 aromatic carbocycles. The fourth-order valence-electron chi connectivity index (χ4n) is 7.55. The predicted octanol–water partition coefficient (Wildman–Crippen LogP) is 2.74. The second-order valence-electron chi connectivity index (χ2n) is 15.6. The Kier molecular flexibility index (Phi) is 20.1. The van der Waals surface area contributed by atoms with E-state index in [2.05, 4.69) is 0 Å². The van der Waals surface area contributed by atoms with Crippen molar-refractivity contribution in [2.24, 2.45) is 0 Å². The first-order valence-electron chi connectivity index (χ1n) is 21.1. The Balaban J connectivity index is 1.62. The van der Waals surface area contributed by atoms with Crippen LogP contribution in [0.4, 0.5) is 0 Å². The number of hydrogen-bond acceptors (Lipinski definition) is 20. The van der Waals surface area contributed by atoms with Crippen LogP contribution in [0.5, 0.6) is 0 Å². The van der Waals surface area contributed by atoms with Gasteiger partial charge in [-0.2, -0.15) is 0 Å². The van der Waals surface area contributed by atoms with E-state index in [1.54, 1.807) is 6.92 Å². The van der Waals surface area contributed by atoms with E-state index >= 15 is 0 Å². The molecule has 3 saturated heterocycles. The van der Waals surface area contributed by atoms with Gasteiger partial charge in [0.1, 0.15) is 12.2 Å². The van der Waals surface area contributed by atoms with E-state index in [0.29, 0.717) is 19.6 Å². The lowest BCUT2D eigenvalue weighted by Gasteiger charge is -2.49. The molecule has 0 unspecified atom stereocenters.